The molecular formula is C20H21ClN2O4. The molecule has 2 N–H and O–H groups in total. The van der Waals surface area contributed by atoms with E-state index in [4.69, 9.17) is 11.6 Å². The number of esters is 1. The normalized spacial score (nSPS) is 10.2. The molecule has 0 bridgehead atoms. The third kappa shape index (κ3) is 5.31. The number of hydrogen-bond donors (Lipinski definition) is 2. The van der Waals surface area contributed by atoms with Gasteiger partial charge in [0.05, 0.1) is 23.4 Å². The molecule has 27 heavy (non-hydrogen) atoms. The molecule has 0 aromatic heterocycles. The molecule has 0 spiro atoms. The number of amides is 2. The van der Waals surface area contributed by atoms with E-state index in [0.29, 0.717) is 0 Å². The standard InChI is InChI=1S/C20H21ClN2O4/c1-4-13-7-5-6-12(2)19(13)23-18(25)11-17(24)22-16-10-14(20(26)27-3)8-9-15(16)21/h5-10H,4,11H2,1-3H3,(H,22,24)(H,23,25). The Balaban J connectivity index is 2.06. The summed E-state index contributed by atoms with van der Waals surface area (Å²) in [4.78, 5) is 36.1. The zero-order chi connectivity index (χ0) is 20.0. The van der Waals surface area contributed by atoms with Gasteiger partial charge in [0.15, 0.2) is 0 Å². The molecule has 0 heterocycles. The minimum atomic E-state index is -0.549. The molecule has 2 rings (SSSR count). The summed E-state index contributed by atoms with van der Waals surface area (Å²) < 4.78 is 4.64. The average molecular weight is 389 g/mol. The topological polar surface area (TPSA) is 84.5 Å². The summed E-state index contributed by atoms with van der Waals surface area (Å²) in [6.07, 6.45) is 0.385. The van der Waals surface area contributed by atoms with Gasteiger partial charge in [-0.3, -0.25) is 9.59 Å². The summed E-state index contributed by atoms with van der Waals surface area (Å²) in [6.45, 7) is 3.89. The van der Waals surface area contributed by atoms with E-state index in [0.717, 1.165) is 23.2 Å². The summed E-state index contributed by atoms with van der Waals surface area (Å²) in [6, 6.07) is 10.1. The van der Waals surface area contributed by atoms with Crippen LogP contribution in [0.1, 0.15) is 34.8 Å². The highest BCUT2D eigenvalue weighted by Gasteiger charge is 2.15. The summed E-state index contributed by atoms with van der Waals surface area (Å²) in [5.74, 6) is -1.52. The summed E-state index contributed by atoms with van der Waals surface area (Å²) in [7, 11) is 1.26. The van der Waals surface area contributed by atoms with Gasteiger partial charge in [0.25, 0.3) is 0 Å². The van der Waals surface area contributed by atoms with Crippen molar-refractivity contribution in [1.82, 2.24) is 0 Å². The van der Waals surface area contributed by atoms with E-state index in [1.165, 1.54) is 25.3 Å². The molecule has 0 unspecified atom stereocenters. The summed E-state index contributed by atoms with van der Waals surface area (Å²) in [5, 5.41) is 5.60. The van der Waals surface area contributed by atoms with Crippen molar-refractivity contribution in [3.05, 3.63) is 58.1 Å². The highest BCUT2D eigenvalue weighted by molar-refractivity contribution is 6.34. The fourth-order valence-corrected chi connectivity index (χ4v) is 2.76. The number of halogens is 1. The molecule has 2 amide bonds. The van der Waals surface area contributed by atoms with Crippen LogP contribution >= 0.6 is 11.6 Å². The molecule has 0 aliphatic rings. The first-order chi connectivity index (χ1) is 12.8. The van der Waals surface area contributed by atoms with Crippen LogP contribution < -0.4 is 10.6 Å². The number of benzene rings is 2. The lowest BCUT2D eigenvalue weighted by Gasteiger charge is -2.13. The van der Waals surface area contributed by atoms with Crippen molar-refractivity contribution in [2.24, 2.45) is 0 Å². The largest absolute Gasteiger partial charge is 0.465 e. The van der Waals surface area contributed by atoms with E-state index in [9.17, 15) is 14.4 Å². The lowest BCUT2D eigenvalue weighted by molar-refractivity contribution is -0.123. The molecule has 2 aromatic rings. The van der Waals surface area contributed by atoms with Gasteiger partial charge in [0.1, 0.15) is 6.42 Å². The molecule has 0 atom stereocenters. The first-order valence-electron chi connectivity index (χ1n) is 8.41. The predicted octanol–water partition coefficient (Wildman–Crippen LogP) is 3.96. The number of ether oxygens (including phenoxy) is 1. The van der Waals surface area contributed by atoms with Gasteiger partial charge in [0.2, 0.25) is 11.8 Å². The molecule has 0 saturated carbocycles. The number of hydrogen-bond acceptors (Lipinski definition) is 4. The lowest BCUT2D eigenvalue weighted by atomic mass is 10.1. The van der Waals surface area contributed by atoms with Crippen LogP contribution in [0.5, 0.6) is 0 Å². The van der Waals surface area contributed by atoms with Gasteiger partial charge in [-0.15, -0.1) is 0 Å². The molecule has 0 radical (unpaired) electrons. The predicted molar refractivity (Wildman–Crippen MR) is 105 cm³/mol. The van der Waals surface area contributed by atoms with E-state index in [1.54, 1.807) is 0 Å². The molecule has 6 nitrogen and oxygen atoms in total. The fraction of sp³-hybridized carbons (Fsp3) is 0.250. The second-order valence-electron chi connectivity index (χ2n) is 5.92. The van der Waals surface area contributed by atoms with Crippen molar-refractivity contribution in [3.63, 3.8) is 0 Å². The van der Waals surface area contributed by atoms with Crippen molar-refractivity contribution in [3.8, 4) is 0 Å². The smallest absolute Gasteiger partial charge is 0.337 e. The number of nitrogens with one attached hydrogen (secondary N) is 2. The first-order valence-corrected chi connectivity index (χ1v) is 8.79. The summed E-state index contributed by atoms with van der Waals surface area (Å²) in [5.41, 5.74) is 3.13. The fourth-order valence-electron chi connectivity index (χ4n) is 2.59. The monoisotopic (exact) mass is 388 g/mol. The van der Waals surface area contributed by atoms with Crippen LogP contribution in [0.15, 0.2) is 36.4 Å². The zero-order valence-corrected chi connectivity index (χ0v) is 16.1. The molecule has 142 valence electrons. The summed E-state index contributed by atoms with van der Waals surface area (Å²) >= 11 is 6.05. The molecule has 2 aromatic carbocycles. The van der Waals surface area contributed by atoms with E-state index in [2.05, 4.69) is 15.4 Å². The van der Waals surface area contributed by atoms with Gasteiger partial charge in [-0.05, 0) is 42.7 Å². The maximum absolute atomic E-state index is 12.3. The number of anilines is 2. The van der Waals surface area contributed by atoms with Crippen molar-refractivity contribution in [2.45, 2.75) is 26.7 Å². The van der Waals surface area contributed by atoms with Gasteiger partial charge in [-0.25, -0.2) is 4.79 Å². The highest BCUT2D eigenvalue weighted by Crippen LogP contribution is 2.24. The molecule has 0 aliphatic carbocycles. The minimum Gasteiger partial charge on any atom is -0.465 e. The van der Waals surface area contributed by atoms with Crippen LogP contribution in [0.3, 0.4) is 0 Å². The van der Waals surface area contributed by atoms with Crippen LogP contribution in [0.2, 0.25) is 5.02 Å². The van der Waals surface area contributed by atoms with Gasteiger partial charge in [0, 0.05) is 5.69 Å². The van der Waals surface area contributed by atoms with Gasteiger partial charge in [-0.1, -0.05) is 36.7 Å². The number of para-hydroxylation sites is 1. The molecular weight excluding hydrogens is 368 g/mol. The van der Waals surface area contributed by atoms with E-state index >= 15 is 0 Å². The Morgan fingerprint density at radius 1 is 1.07 bits per heavy atom. The third-order valence-corrected chi connectivity index (χ3v) is 4.32. The van der Waals surface area contributed by atoms with Crippen LogP contribution in [-0.2, 0) is 20.7 Å². The number of rotatable bonds is 6. The van der Waals surface area contributed by atoms with E-state index in [1.807, 2.05) is 32.0 Å². The molecule has 0 aliphatic heterocycles. The Hall–Kier alpha value is -2.86. The maximum atomic E-state index is 12.3. The number of carbonyl (C=O) groups is 3. The zero-order valence-electron chi connectivity index (χ0n) is 15.4. The van der Waals surface area contributed by atoms with Crippen molar-refractivity contribution < 1.29 is 19.1 Å². The molecule has 7 heteroatoms. The Bertz CT molecular complexity index is 880. The maximum Gasteiger partial charge on any atom is 0.337 e. The first kappa shape index (κ1) is 20.5. The van der Waals surface area contributed by atoms with E-state index < -0.39 is 17.8 Å². The van der Waals surface area contributed by atoms with Crippen LogP contribution in [0.4, 0.5) is 11.4 Å². The van der Waals surface area contributed by atoms with Gasteiger partial charge in [-0.2, -0.15) is 0 Å². The molecule has 0 saturated heterocycles. The highest BCUT2D eigenvalue weighted by atomic mass is 35.5. The second-order valence-corrected chi connectivity index (χ2v) is 6.33. The average Bonchev–Trinajstić information content (AvgIpc) is 2.64. The van der Waals surface area contributed by atoms with Crippen LogP contribution in [0, 0.1) is 6.92 Å². The Kier molecular flexibility index (Phi) is 6.96. The van der Waals surface area contributed by atoms with Gasteiger partial charge >= 0.3 is 5.97 Å². The van der Waals surface area contributed by atoms with Crippen LogP contribution in [-0.4, -0.2) is 24.9 Å². The number of carbonyl (C=O) groups excluding carboxylic acids is 3. The quantitative estimate of drug-likeness (QED) is 0.579. The Morgan fingerprint density at radius 3 is 2.44 bits per heavy atom. The van der Waals surface area contributed by atoms with Crippen molar-refractivity contribution in [1.29, 1.82) is 0 Å². The second kappa shape index (κ2) is 9.19. The Labute approximate surface area is 162 Å². The SMILES string of the molecule is CCc1cccc(C)c1NC(=O)CC(=O)Nc1cc(C(=O)OC)ccc1Cl. The van der Waals surface area contributed by atoms with Crippen molar-refractivity contribution >= 4 is 40.8 Å². The van der Waals surface area contributed by atoms with Crippen LogP contribution in [0.25, 0.3) is 0 Å². The Morgan fingerprint density at radius 2 is 1.78 bits per heavy atom. The third-order valence-electron chi connectivity index (χ3n) is 3.99. The minimum absolute atomic E-state index is 0.238. The lowest BCUT2D eigenvalue weighted by Crippen LogP contribution is -2.22. The van der Waals surface area contributed by atoms with Crippen molar-refractivity contribution in [2.75, 3.05) is 17.7 Å². The number of aryl methyl sites for hydroxylation is 2. The number of methoxy groups -OCH3 is 1. The van der Waals surface area contributed by atoms with E-state index in [-0.39, 0.29) is 22.7 Å². The molecule has 0 fully saturated rings. The van der Waals surface area contributed by atoms with Gasteiger partial charge < -0.3 is 15.4 Å².